The number of benzene rings is 1. The SMILES string of the molecule is COc1cccc(NC(=O)C(C)(C)C#N)c1. The summed E-state index contributed by atoms with van der Waals surface area (Å²) in [7, 11) is 1.56. The molecule has 0 unspecified atom stereocenters. The van der Waals surface area contributed by atoms with Gasteiger partial charge in [-0.25, -0.2) is 0 Å². The Balaban J connectivity index is 2.82. The lowest BCUT2D eigenvalue weighted by atomic mass is 9.94. The second-order valence-corrected chi connectivity index (χ2v) is 3.92. The standard InChI is InChI=1S/C12H14N2O2/c1-12(2,8-13)11(15)14-9-5-4-6-10(7-9)16-3/h4-7H,1-3H3,(H,14,15). The van der Waals surface area contributed by atoms with Gasteiger partial charge in [-0.1, -0.05) is 6.07 Å². The third kappa shape index (κ3) is 2.74. The van der Waals surface area contributed by atoms with Crippen molar-refractivity contribution in [3.05, 3.63) is 24.3 Å². The molecule has 1 amide bonds. The monoisotopic (exact) mass is 218 g/mol. The average molecular weight is 218 g/mol. The van der Waals surface area contributed by atoms with E-state index < -0.39 is 5.41 Å². The molecular weight excluding hydrogens is 204 g/mol. The molecule has 1 aromatic rings. The van der Waals surface area contributed by atoms with Crippen molar-refractivity contribution in [3.8, 4) is 11.8 Å². The highest BCUT2D eigenvalue weighted by Crippen LogP contribution is 2.20. The minimum absolute atomic E-state index is 0.330. The van der Waals surface area contributed by atoms with Crippen molar-refractivity contribution in [2.75, 3.05) is 12.4 Å². The van der Waals surface area contributed by atoms with Crippen LogP contribution in [0.15, 0.2) is 24.3 Å². The molecule has 1 N–H and O–H groups in total. The van der Waals surface area contributed by atoms with Gasteiger partial charge in [-0.2, -0.15) is 5.26 Å². The number of rotatable bonds is 3. The summed E-state index contributed by atoms with van der Waals surface area (Å²) in [5.41, 5.74) is -0.420. The van der Waals surface area contributed by atoms with Crippen molar-refractivity contribution < 1.29 is 9.53 Å². The van der Waals surface area contributed by atoms with Crippen LogP contribution in [0.2, 0.25) is 0 Å². The first-order valence-electron chi connectivity index (χ1n) is 4.86. The maximum absolute atomic E-state index is 11.7. The molecule has 1 rings (SSSR count). The molecule has 0 aliphatic heterocycles. The number of nitriles is 1. The zero-order valence-electron chi connectivity index (χ0n) is 9.57. The molecule has 16 heavy (non-hydrogen) atoms. The van der Waals surface area contributed by atoms with Crippen molar-refractivity contribution in [1.29, 1.82) is 5.26 Å². The second kappa shape index (κ2) is 4.67. The molecule has 0 atom stereocenters. The highest BCUT2D eigenvalue weighted by Gasteiger charge is 2.27. The summed E-state index contributed by atoms with van der Waals surface area (Å²) >= 11 is 0. The predicted molar refractivity (Wildman–Crippen MR) is 61.0 cm³/mol. The Morgan fingerprint density at radius 1 is 1.50 bits per heavy atom. The molecule has 0 spiro atoms. The molecule has 0 fully saturated rings. The van der Waals surface area contributed by atoms with E-state index in [1.165, 1.54) is 0 Å². The van der Waals surface area contributed by atoms with Gasteiger partial charge in [0.05, 0.1) is 13.2 Å². The summed E-state index contributed by atoms with van der Waals surface area (Å²) < 4.78 is 5.03. The Kier molecular flexibility index (Phi) is 3.51. The number of hydrogen-bond donors (Lipinski definition) is 1. The van der Waals surface area contributed by atoms with Crippen LogP contribution in [0.4, 0.5) is 5.69 Å². The Morgan fingerprint density at radius 3 is 2.75 bits per heavy atom. The maximum atomic E-state index is 11.7. The minimum atomic E-state index is -1.04. The highest BCUT2D eigenvalue weighted by atomic mass is 16.5. The van der Waals surface area contributed by atoms with Gasteiger partial charge >= 0.3 is 0 Å². The normalized spacial score (nSPS) is 10.4. The summed E-state index contributed by atoms with van der Waals surface area (Å²) in [4.78, 5) is 11.7. The van der Waals surface area contributed by atoms with E-state index in [0.717, 1.165) is 0 Å². The molecule has 0 heterocycles. The first kappa shape index (κ1) is 12.1. The van der Waals surface area contributed by atoms with Gasteiger partial charge in [-0.3, -0.25) is 4.79 Å². The number of carbonyl (C=O) groups is 1. The highest BCUT2D eigenvalue weighted by molar-refractivity contribution is 5.96. The molecule has 0 aromatic heterocycles. The second-order valence-electron chi connectivity index (χ2n) is 3.92. The zero-order valence-corrected chi connectivity index (χ0v) is 9.57. The molecule has 0 aliphatic rings. The number of nitrogens with one attached hydrogen (secondary N) is 1. The predicted octanol–water partition coefficient (Wildman–Crippen LogP) is 2.18. The van der Waals surface area contributed by atoms with Crippen LogP contribution < -0.4 is 10.1 Å². The number of methoxy groups -OCH3 is 1. The first-order valence-corrected chi connectivity index (χ1v) is 4.86. The molecule has 0 saturated carbocycles. The Morgan fingerprint density at radius 2 is 2.19 bits per heavy atom. The van der Waals surface area contributed by atoms with Crippen LogP contribution in [0.3, 0.4) is 0 Å². The van der Waals surface area contributed by atoms with Crippen LogP contribution in [0.1, 0.15) is 13.8 Å². The molecule has 4 nitrogen and oxygen atoms in total. The van der Waals surface area contributed by atoms with E-state index in [2.05, 4.69) is 5.32 Å². The summed E-state index contributed by atoms with van der Waals surface area (Å²) in [6, 6.07) is 8.94. The first-order chi connectivity index (χ1) is 7.49. The Labute approximate surface area is 94.8 Å². The van der Waals surface area contributed by atoms with Gasteiger partial charge in [0.2, 0.25) is 5.91 Å². The summed E-state index contributed by atoms with van der Waals surface area (Å²) in [5, 5.41) is 11.5. The van der Waals surface area contributed by atoms with Crippen molar-refractivity contribution in [2.24, 2.45) is 5.41 Å². The van der Waals surface area contributed by atoms with Crippen LogP contribution in [-0.2, 0) is 4.79 Å². The third-order valence-electron chi connectivity index (χ3n) is 2.17. The number of amides is 1. The van der Waals surface area contributed by atoms with E-state index >= 15 is 0 Å². The van der Waals surface area contributed by atoms with Gasteiger partial charge in [-0.05, 0) is 26.0 Å². The summed E-state index contributed by atoms with van der Waals surface area (Å²) in [5.74, 6) is 0.329. The van der Waals surface area contributed by atoms with Crippen LogP contribution >= 0.6 is 0 Å². The van der Waals surface area contributed by atoms with Gasteiger partial charge in [-0.15, -0.1) is 0 Å². The van der Waals surface area contributed by atoms with E-state index in [0.29, 0.717) is 11.4 Å². The van der Waals surface area contributed by atoms with Gasteiger partial charge in [0.25, 0.3) is 0 Å². The van der Waals surface area contributed by atoms with Gasteiger partial charge in [0.1, 0.15) is 11.2 Å². The molecule has 84 valence electrons. The van der Waals surface area contributed by atoms with Gasteiger partial charge in [0, 0.05) is 11.8 Å². The molecular formula is C12H14N2O2. The van der Waals surface area contributed by atoms with Crippen molar-refractivity contribution in [3.63, 3.8) is 0 Å². The minimum Gasteiger partial charge on any atom is -0.497 e. The van der Waals surface area contributed by atoms with Crippen LogP contribution in [0.5, 0.6) is 5.75 Å². The summed E-state index contributed by atoms with van der Waals surface area (Å²) in [6.45, 7) is 3.14. The lowest BCUT2D eigenvalue weighted by molar-refractivity contribution is -0.121. The Bertz CT molecular complexity index is 433. The fraction of sp³-hybridized carbons (Fsp3) is 0.333. The van der Waals surface area contributed by atoms with Crippen LogP contribution in [-0.4, -0.2) is 13.0 Å². The van der Waals surface area contributed by atoms with E-state index in [1.54, 1.807) is 45.2 Å². The molecule has 0 radical (unpaired) electrons. The number of anilines is 1. The Hall–Kier alpha value is -2.02. The molecule has 4 heteroatoms. The largest absolute Gasteiger partial charge is 0.497 e. The van der Waals surface area contributed by atoms with Crippen LogP contribution in [0, 0.1) is 16.7 Å². The fourth-order valence-electron chi connectivity index (χ4n) is 1.04. The van der Waals surface area contributed by atoms with E-state index in [4.69, 9.17) is 10.00 Å². The smallest absolute Gasteiger partial charge is 0.244 e. The third-order valence-corrected chi connectivity index (χ3v) is 2.17. The average Bonchev–Trinajstić information content (AvgIpc) is 2.29. The van der Waals surface area contributed by atoms with Crippen molar-refractivity contribution >= 4 is 11.6 Å². The van der Waals surface area contributed by atoms with E-state index in [1.807, 2.05) is 6.07 Å². The summed E-state index contributed by atoms with van der Waals surface area (Å²) in [6.07, 6.45) is 0. The molecule has 0 saturated heterocycles. The topological polar surface area (TPSA) is 62.1 Å². The van der Waals surface area contributed by atoms with Crippen LogP contribution in [0.25, 0.3) is 0 Å². The zero-order chi connectivity index (χ0) is 12.2. The lowest BCUT2D eigenvalue weighted by Crippen LogP contribution is -2.29. The molecule has 0 aliphatic carbocycles. The van der Waals surface area contributed by atoms with E-state index in [9.17, 15) is 4.79 Å². The maximum Gasteiger partial charge on any atom is 0.244 e. The number of nitrogens with zero attached hydrogens (tertiary/aromatic N) is 1. The number of ether oxygens (including phenoxy) is 1. The fourth-order valence-corrected chi connectivity index (χ4v) is 1.04. The number of carbonyl (C=O) groups excluding carboxylic acids is 1. The molecule has 1 aromatic carbocycles. The van der Waals surface area contributed by atoms with Gasteiger partial charge in [0.15, 0.2) is 0 Å². The quantitative estimate of drug-likeness (QED) is 0.845. The van der Waals surface area contributed by atoms with E-state index in [-0.39, 0.29) is 5.91 Å². The molecule has 0 bridgehead atoms. The van der Waals surface area contributed by atoms with Crippen molar-refractivity contribution in [1.82, 2.24) is 0 Å². The van der Waals surface area contributed by atoms with Crippen molar-refractivity contribution in [2.45, 2.75) is 13.8 Å². The lowest BCUT2D eigenvalue weighted by Gasteiger charge is -2.15. The number of hydrogen-bond acceptors (Lipinski definition) is 3. The van der Waals surface area contributed by atoms with Gasteiger partial charge < -0.3 is 10.1 Å².